The Morgan fingerprint density at radius 2 is 1.83 bits per heavy atom. The summed E-state index contributed by atoms with van der Waals surface area (Å²) >= 11 is 0. The van der Waals surface area contributed by atoms with Gasteiger partial charge in [-0.1, -0.05) is 35.5 Å². The number of aryl methyl sites for hydroxylation is 1. The molecule has 0 aliphatic rings. The summed E-state index contributed by atoms with van der Waals surface area (Å²) in [7, 11) is 0. The van der Waals surface area contributed by atoms with Crippen molar-refractivity contribution in [1.29, 1.82) is 0 Å². The van der Waals surface area contributed by atoms with Gasteiger partial charge in [-0.15, -0.1) is 0 Å². The van der Waals surface area contributed by atoms with E-state index in [1.165, 1.54) is 0 Å². The second-order valence-electron chi connectivity index (χ2n) is 6.66. The van der Waals surface area contributed by atoms with Crippen LogP contribution in [0.1, 0.15) is 16.1 Å². The van der Waals surface area contributed by atoms with Crippen molar-refractivity contribution in [3.8, 4) is 11.3 Å². The summed E-state index contributed by atoms with van der Waals surface area (Å²) in [5.41, 5.74) is 4.32. The van der Waals surface area contributed by atoms with Crippen LogP contribution in [0.3, 0.4) is 0 Å². The fourth-order valence-electron chi connectivity index (χ4n) is 3.34. The quantitative estimate of drug-likeness (QED) is 0.438. The van der Waals surface area contributed by atoms with Crippen LogP contribution in [-0.4, -0.2) is 26.0 Å². The molecule has 5 rings (SSSR count). The Bertz CT molecular complexity index is 1430. The molecule has 0 spiro atoms. The van der Waals surface area contributed by atoms with E-state index in [1.807, 2.05) is 30.3 Å². The van der Waals surface area contributed by atoms with E-state index in [4.69, 9.17) is 4.52 Å². The monoisotopic (exact) mass is 385 g/mol. The molecule has 5 aromatic rings. The molecule has 3 aromatic heterocycles. The van der Waals surface area contributed by atoms with Gasteiger partial charge >= 0.3 is 5.69 Å². The van der Waals surface area contributed by atoms with Gasteiger partial charge in [0.2, 0.25) is 0 Å². The maximum absolute atomic E-state index is 13.1. The molecular formula is C21H15N5O3. The summed E-state index contributed by atoms with van der Waals surface area (Å²) in [4.78, 5) is 34.4. The number of benzene rings is 2. The Morgan fingerprint density at radius 1 is 1.03 bits per heavy atom. The first-order valence-electron chi connectivity index (χ1n) is 8.94. The zero-order valence-electron chi connectivity index (χ0n) is 15.3. The van der Waals surface area contributed by atoms with Crippen LogP contribution in [-0.2, 0) is 0 Å². The number of hydrogen-bond acceptors (Lipinski definition) is 5. The fraction of sp³-hybridized carbons (Fsp3) is 0.0476. The number of amides is 1. The van der Waals surface area contributed by atoms with Crippen molar-refractivity contribution in [2.24, 2.45) is 0 Å². The van der Waals surface area contributed by atoms with Crippen molar-refractivity contribution in [2.45, 2.75) is 6.92 Å². The molecule has 0 saturated heterocycles. The van der Waals surface area contributed by atoms with Crippen LogP contribution >= 0.6 is 0 Å². The van der Waals surface area contributed by atoms with E-state index in [-0.39, 0.29) is 11.6 Å². The smallest absolute Gasteiger partial charge is 0.323 e. The molecule has 3 N–H and O–H groups in total. The zero-order chi connectivity index (χ0) is 20.0. The van der Waals surface area contributed by atoms with E-state index >= 15 is 0 Å². The van der Waals surface area contributed by atoms with Crippen molar-refractivity contribution in [3.63, 3.8) is 0 Å². The summed E-state index contributed by atoms with van der Waals surface area (Å²) in [5, 5.41) is 7.41. The molecule has 3 heterocycles. The third-order valence-corrected chi connectivity index (χ3v) is 4.71. The predicted octanol–water partition coefficient (Wildman–Crippen LogP) is 3.62. The highest BCUT2D eigenvalue weighted by Crippen LogP contribution is 2.28. The first-order valence-corrected chi connectivity index (χ1v) is 8.94. The van der Waals surface area contributed by atoms with E-state index in [1.54, 1.807) is 31.2 Å². The molecule has 1 amide bonds. The van der Waals surface area contributed by atoms with Gasteiger partial charge in [0.1, 0.15) is 0 Å². The van der Waals surface area contributed by atoms with Crippen LogP contribution < -0.4 is 11.0 Å². The minimum absolute atomic E-state index is 0.299. The summed E-state index contributed by atoms with van der Waals surface area (Å²) < 4.78 is 5.33. The number of anilines is 1. The van der Waals surface area contributed by atoms with Crippen molar-refractivity contribution in [1.82, 2.24) is 20.1 Å². The van der Waals surface area contributed by atoms with Crippen LogP contribution in [0.5, 0.6) is 0 Å². The van der Waals surface area contributed by atoms with Gasteiger partial charge in [0.15, 0.2) is 0 Å². The lowest BCUT2D eigenvalue weighted by molar-refractivity contribution is 0.102. The number of H-pyrrole nitrogens is 2. The van der Waals surface area contributed by atoms with Gasteiger partial charge in [-0.3, -0.25) is 4.79 Å². The van der Waals surface area contributed by atoms with Crippen LogP contribution in [0, 0.1) is 6.92 Å². The van der Waals surface area contributed by atoms with E-state index in [2.05, 4.69) is 25.4 Å². The highest BCUT2D eigenvalue weighted by molar-refractivity contribution is 6.13. The topological polar surface area (TPSA) is 117 Å². The molecule has 0 saturated carbocycles. The van der Waals surface area contributed by atoms with Crippen molar-refractivity contribution in [2.75, 3.05) is 5.32 Å². The predicted molar refractivity (Wildman–Crippen MR) is 109 cm³/mol. The molecule has 2 aromatic carbocycles. The number of aromatic amines is 2. The Morgan fingerprint density at radius 3 is 2.66 bits per heavy atom. The number of rotatable bonds is 3. The number of fused-ring (bicyclic) bond motifs is 2. The maximum Gasteiger partial charge on any atom is 0.323 e. The Hall–Kier alpha value is -4.20. The number of nitrogens with zero attached hydrogens (tertiary/aromatic N) is 2. The maximum atomic E-state index is 13.1. The molecule has 0 aliphatic heterocycles. The van der Waals surface area contributed by atoms with Gasteiger partial charge in [-0.25, -0.2) is 9.78 Å². The van der Waals surface area contributed by atoms with Crippen molar-refractivity contribution >= 4 is 33.7 Å². The average Bonchev–Trinajstić information content (AvgIpc) is 3.29. The number of carbonyl (C=O) groups excluding carboxylic acids is 1. The third kappa shape index (κ3) is 2.96. The second-order valence-corrected chi connectivity index (χ2v) is 6.66. The highest BCUT2D eigenvalue weighted by atomic mass is 16.5. The summed E-state index contributed by atoms with van der Waals surface area (Å²) in [6.07, 6.45) is 0. The molecule has 0 unspecified atom stereocenters. The largest absolute Gasteiger partial charge is 0.335 e. The minimum Gasteiger partial charge on any atom is -0.335 e. The molecule has 29 heavy (non-hydrogen) atoms. The van der Waals surface area contributed by atoms with Crippen LogP contribution in [0.25, 0.3) is 33.4 Å². The first kappa shape index (κ1) is 16.9. The number of carbonyl (C=O) groups is 1. The van der Waals surface area contributed by atoms with Crippen LogP contribution in [0.15, 0.2) is 63.9 Å². The number of hydrogen-bond donors (Lipinski definition) is 3. The highest BCUT2D eigenvalue weighted by Gasteiger charge is 2.19. The number of pyridine rings is 1. The molecule has 0 radical (unpaired) electrons. The molecule has 142 valence electrons. The molecule has 0 atom stereocenters. The molecule has 8 nitrogen and oxygen atoms in total. The average molecular weight is 385 g/mol. The molecule has 8 heteroatoms. The lowest BCUT2D eigenvalue weighted by Crippen LogP contribution is -2.13. The Labute approximate surface area is 163 Å². The first-order chi connectivity index (χ1) is 14.1. The summed E-state index contributed by atoms with van der Waals surface area (Å²) in [6.45, 7) is 1.77. The fourth-order valence-corrected chi connectivity index (χ4v) is 3.34. The third-order valence-electron chi connectivity index (χ3n) is 4.71. The molecule has 0 fully saturated rings. The van der Waals surface area contributed by atoms with Gasteiger partial charge in [0, 0.05) is 11.3 Å². The van der Waals surface area contributed by atoms with Gasteiger partial charge in [0.05, 0.1) is 33.4 Å². The van der Waals surface area contributed by atoms with E-state index in [0.717, 1.165) is 5.56 Å². The molecular weight excluding hydrogens is 370 g/mol. The number of imidazole rings is 1. The summed E-state index contributed by atoms with van der Waals surface area (Å²) in [6, 6.07) is 16.4. The van der Waals surface area contributed by atoms with Crippen LogP contribution in [0.4, 0.5) is 5.69 Å². The van der Waals surface area contributed by atoms with Gasteiger partial charge in [-0.2, -0.15) is 0 Å². The van der Waals surface area contributed by atoms with E-state index in [0.29, 0.717) is 44.8 Å². The number of nitrogens with one attached hydrogen (secondary N) is 3. The van der Waals surface area contributed by atoms with E-state index in [9.17, 15) is 9.59 Å². The standard InChI is InChI=1S/C21H15N5O3/c1-11-18-14(10-16(23-20(18)29-26-11)12-5-3-2-4-6-12)19(27)22-13-7-8-15-17(9-13)25-21(28)24-15/h2-10H,1H3,(H,22,27)(H2,24,25,28). The Balaban J connectivity index is 1.59. The zero-order valence-corrected chi connectivity index (χ0v) is 15.3. The van der Waals surface area contributed by atoms with Gasteiger partial charge in [0.25, 0.3) is 11.6 Å². The minimum atomic E-state index is -0.321. The van der Waals surface area contributed by atoms with Crippen LogP contribution in [0.2, 0.25) is 0 Å². The van der Waals surface area contributed by atoms with Crippen molar-refractivity contribution < 1.29 is 9.32 Å². The van der Waals surface area contributed by atoms with Gasteiger partial charge < -0.3 is 19.8 Å². The lowest BCUT2D eigenvalue weighted by atomic mass is 10.0. The normalized spacial score (nSPS) is 11.2. The summed E-state index contributed by atoms with van der Waals surface area (Å²) in [5.74, 6) is -0.321. The molecule has 0 bridgehead atoms. The second kappa shape index (κ2) is 6.45. The molecule has 0 aliphatic carbocycles. The SMILES string of the molecule is Cc1noc2nc(-c3ccccc3)cc(C(=O)Nc3ccc4[nH]c(=O)[nH]c4c3)c12. The lowest BCUT2D eigenvalue weighted by Gasteiger charge is -2.08. The van der Waals surface area contributed by atoms with E-state index < -0.39 is 0 Å². The van der Waals surface area contributed by atoms with Crippen molar-refractivity contribution in [3.05, 3.63) is 76.3 Å². The number of aromatic nitrogens is 4. The Kier molecular flexibility index (Phi) is 3.77. The van der Waals surface area contributed by atoms with Gasteiger partial charge in [-0.05, 0) is 31.2 Å².